The molecule has 0 heterocycles. The molecule has 31 heavy (non-hydrogen) atoms. The van der Waals surface area contributed by atoms with Gasteiger partial charge in [0.1, 0.15) is 11.7 Å². The molecule has 0 aromatic heterocycles. The Hall–Kier alpha value is -1.87. The number of allylic oxidation sites excluding steroid dienone is 3. The van der Waals surface area contributed by atoms with Crippen LogP contribution in [-0.4, -0.2) is 68.5 Å². The van der Waals surface area contributed by atoms with E-state index in [-0.39, 0.29) is 24.5 Å². The van der Waals surface area contributed by atoms with E-state index >= 15 is 0 Å². The number of carbonyl (C=O) groups is 3. The standard InChI is InChI=1S/C23H30O8/c1-11(24)31-10-16(27)23(30)7-5-13-17-18(15(26)9-22(13,23)3)21(2)6-4-12(25)8-14(21)19(28)20(17)29/h4,6,8,13,15,17-20,26,28-30H,5,7,9-10H2,1-3H3/t13-,15-,17-,18-,19-,20+,21-,22-,23-/m0/s1. The van der Waals surface area contributed by atoms with Gasteiger partial charge in [0.25, 0.3) is 0 Å². The zero-order valence-electron chi connectivity index (χ0n) is 17.9. The number of hydrogen-bond donors (Lipinski definition) is 4. The zero-order chi connectivity index (χ0) is 22.9. The Morgan fingerprint density at radius 1 is 1.23 bits per heavy atom. The summed E-state index contributed by atoms with van der Waals surface area (Å²) in [4.78, 5) is 36.0. The Labute approximate surface area is 180 Å². The van der Waals surface area contributed by atoms with E-state index in [1.807, 2.05) is 6.92 Å². The first kappa shape index (κ1) is 22.3. The molecule has 3 fully saturated rings. The van der Waals surface area contributed by atoms with E-state index in [4.69, 9.17) is 4.74 Å². The van der Waals surface area contributed by atoms with Crippen LogP contribution in [0.15, 0.2) is 23.8 Å². The van der Waals surface area contributed by atoms with Gasteiger partial charge >= 0.3 is 5.97 Å². The Kier molecular flexibility index (Phi) is 5.09. The molecular weight excluding hydrogens is 404 g/mol. The quantitative estimate of drug-likeness (QED) is 0.457. The molecule has 0 saturated heterocycles. The minimum Gasteiger partial charge on any atom is -0.458 e. The van der Waals surface area contributed by atoms with Gasteiger partial charge in [-0.15, -0.1) is 0 Å². The molecular formula is C23H30O8. The van der Waals surface area contributed by atoms with Crippen molar-refractivity contribution in [2.24, 2.45) is 28.6 Å². The maximum absolute atomic E-state index is 12.9. The molecule has 9 atom stereocenters. The predicted octanol–water partition coefficient (Wildman–Crippen LogP) is 0.0700. The summed E-state index contributed by atoms with van der Waals surface area (Å²) in [6, 6.07) is 0. The van der Waals surface area contributed by atoms with Crippen molar-refractivity contribution in [3.05, 3.63) is 23.8 Å². The molecule has 0 spiro atoms. The number of fused-ring (bicyclic) bond motifs is 5. The number of carbonyl (C=O) groups excluding carboxylic acids is 3. The van der Waals surface area contributed by atoms with Crippen LogP contribution >= 0.6 is 0 Å². The predicted molar refractivity (Wildman–Crippen MR) is 107 cm³/mol. The Morgan fingerprint density at radius 2 is 1.90 bits per heavy atom. The van der Waals surface area contributed by atoms with Gasteiger partial charge in [-0.25, -0.2) is 0 Å². The van der Waals surface area contributed by atoms with Crippen LogP contribution in [0.5, 0.6) is 0 Å². The Balaban J connectivity index is 1.74. The van der Waals surface area contributed by atoms with Crippen molar-refractivity contribution in [2.75, 3.05) is 6.61 Å². The van der Waals surface area contributed by atoms with E-state index in [0.717, 1.165) is 0 Å². The van der Waals surface area contributed by atoms with Gasteiger partial charge in [0, 0.05) is 23.7 Å². The molecule has 0 radical (unpaired) electrons. The number of aliphatic hydroxyl groups is 4. The number of ether oxygens (including phenoxy) is 1. The molecule has 0 aromatic rings. The van der Waals surface area contributed by atoms with Crippen molar-refractivity contribution in [3.8, 4) is 0 Å². The zero-order valence-corrected chi connectivity index (χ0v) is 17.9. The van der Waals surface area contributed by atoms with Crippen LogP contribution in [0.1, 0.15) is 40.0 Å². The Bertz CT molecular complexity index is 892. The molecule has 4 rings (SSSR count). The largest absolute Gasteiger partial charge is 0.458 e. The maximum Gasteiger partial charge on any atom is 0.303 e. The number of ketones is 2. The summed E-state index contributed by atoms with van der Waals surface area (Å²) in [5.74, 6) is -2.99. The van der Waals surface area contributed by atoms with E-state index in [9.17, 15) is 34.8 Å². The first-order valence-corrected chi connectivity index (χ1v) is 10.8. The third kappa shape index (κ3) is 2.92. The third-order valence-corrected chi connectivity index (χ3v) is 8.62. The second-order valence-corrected chi connectivity index (χ2v) is 10.1. The van der Waals surface area contributed by atoms with Crippen LogP contribution < -0.4 is 0 Å². The molecule has 0 aromatic carbocycles. The van der Waals surface area contributed by atoms with Crippen LogP contribution in [0.4, 0.5) is 0 Å². The van der Waals surface area contributed by atoms with Crippen molar-refractivity contribution in [1.82, 2.24) is 0 Å². The third-order valence-electron chi connectivity index (χ3n) is 8.62. The van der Waals surface area contributed by atoms with Gasteiger partial charge < -0.3 is 25.2 Å². The van der Waals surface area contributed by atoms with E-state index in [2.05, 4.69) is 0 Å². The second-order valence-electron chi connectivity index (χ2n) is 10.1. The van der Waals surface area contributed by atoms with Crippen LogP contribution in [0.3, 0.4) is 0 Å². The summed E-state index contributed by atoms with van der Waals surface area (Å²) >= 11 is 0. The molecule has 170 valence electrons. The van der Waals surface area contributed by atoms with Gasteiger partial charge in [-0.3, -0.25) is 14.4 Å². The van der Waals surface area contributed by atoms with Gasteiger partial charge in [-0.2, -0.15) is 0 Å². The molecule has 4 aliphatic carbocycles. The lowest BCUT2D eigenvalue weighted by molar-refractivity contribution is -0.204. The molecule has 0 amide bonds. The van der Waals surface area contributed by atoms with Gasteiger partial charge in [-0.1, -0.05) is 19.9 Å². The smallest absolute Gasteiger partial charge is 0.303 e. The van der Waals surface area contributed by atoms with Gasteiger partial charge in [0.2, 0.25) is 5.78 Å². The van der Waals surface area contributed by atoms with Crippen LogP contribution in [-0.2, 0) is 19.1 Å². The molecule has 0 unspecified atom stereocenters. The highest BCUT2D eigenvalue weighted by Crippen LogP contribution is 2.67. The van der Waals surface area contributed by atoms with Gasteiger partial charge in [-0.05, 0) is 48.8 Å². The van der Waals surface area contributed by atoms with Crippen LogP contribution in [0, 0.1) is 28.6 Å². The summed E-state index contributed by atoms with van der Waals surface area (Å²) in [6.07, 6.45) is 1.52. The topological polar surface area (TPSA) is 141 Å². The molecule has 8 nitrogen and oxygen atoms in total. The normalized spacial score (nSPS) is 48.4. The first-order valence-electron chi connectivity index (χ1n) is 10.8. The van der Waals surface area contributed by atoms with Crippen LogP contribution in [0.25, 0.3) is 0 Å². The number of rotatable bonds is 3. The summed E-state index contributed by atoms with van der Waals surface area (Å²) < 4.78 is 4.83. The van der Waals surface area contributed by atoms with Crippen molar-refractivity contribution in [2.45, 2.75) is 63.9 Å². The number of esters is 1. The highest BCUT2D eigenvalue weighted by Gasteiger charge is 2.70. The highest BCUT2D eigenvalue weighted by molar-refractivity contribution is 6.01. The van der Waals surface area contributed by atoms with Crippen LogP contribution in [0.2, 0.25) is 0 Å². The summed E-state index contributed by atoms with van der Waals surface area (Å²) in [5, 5.41) is 44.7. The van der Waals surface area contributed by atoms with E-state index in [1.54, 1.807) is 13.0 Å². The number of hydrogen-bond acceptors (Lipinski definition) is 8. The number of Topliss-reactive ketones (excluding diaryl/α,β-unsaturated/α-hetero) is 1. The maximum atomic E-state index is 12.9. The Morgan fingerprint density at radius 3 is 2.55 bits per heavy atom. The van der Waals surface area contributed by atoms with E-state index < -0.39 is 64.9 Å². The fraction of sp³-hybridized carbons (Fsp3) is 0.696. The van der Waals surface area contributed by atoms with Crippen molar-refractivity contribution >= 4 is 17.5 Å². The summed E-state index contributed by atoms with van der Waals surface area (Å²) in [6.45, 7) is 4.19. The fourth-order valence-corrected chi connectivity index (χ4v) is 7.09. The second kappa shape index (κ2) is 7.07. The SMILES string of the molecule is CC(=O)OCC(=O)[C@@]1(O)CC[C@H]2[C@@H]3[C@@H](O)[C@@H](O)C4=CC(=O)C=C[C@]4(C)[C@H]3[C@@H](O)C[C@@]21C. The van der Waals surface area contributed by atoms with E-state index in [0.29, 0.717) is 12.0 Å². The minimum absolute atomic E-state index is 0.106. The van der Waals surface area contributed by atoms with Crippen molar-refractivity contribution in [3.63, 3.8) is 0 Å². The molecule has 8 heteroatoms. The van der Waals surface area contributed by atoms with Gasteiger partial charge in [0.05, 0.1) is 12.2 Å². The molecule has 3 saturated carbocycles. The molecule has 4 N–H and O–H groups in total. The van der Waals surface area contributed by atoms with Crippen molar-refractivity contribution < 1.29 is 39.5 Å². The highest BCUT2D eigenvalue weighted by atomic mass is 16.5. The summed E-state index contributed by atoms with van der Waals surface area (Å²) in [7, 11) is 0. The molecule has 4 aliphatic rings. The average Bonchev–Trinajstić information content (AvgIpc) is 2.96. The first-order chi connectivity index (χ1) is 14.4. The molecule has 0 bridgehead atoms. The number of aliphatic hydroxyl groups excluding tert-OH is 3. The average molecular weight is 434 g/mol. The lowest BCUT2D eigenvalue weighted by atomic mass is 9.45. The van der Waals surface area contributed by atoms with Gasteiger partial charge in [0.15, 0.2) is 12.4 Å². The lowest BCUT2D eigenvalue weighted by Gasteiger charge is -2.61. The monoisotopic (exact) mass is 434 g/mol. The van der Waals surface area contributed by atoms with E-state index in [1.165, 1.54) is 19.1 Å². The lowest BCUT2D eigenvalue weighted by Crippen LogP contribution is -2.66. The fourth-order valence-electron chi connectivity index (χ4n) is 7.09. The molecule has 0 aliphatic heterocycles. The summed E-state index contributed by atoms with van der Waals surface area (Å²) in [5.41, 5.74) is -3.34. The minimum atomic E-state index is -1.82. The van der Waals surface area contributed by atoms with Crippen molar-refractivity contribution in [1.29, 1.82) is 0 Å².